The quantitative estimate of drug-likeness (QED) is 0.248. The summed E-state index contributed by atoms with van der Waals surface area (Å²) < 4.78 is 13.8. The lowest BCUT2D eigenvalue weighted by Gasteiger charge is -2.21. The fourth-order valence-electron chi connectivity index (χ4n) is 3.81. The molecule has 0 aliphatic carbocycles. The highest BCUT2D eigenvalue weighted by atomic mass is 79.9. The minimum atomic E-state index is 0.588. The van der Waals surface area contributed by atoms with Crippen molar-refractivity contribution in [2.24, 2.45) is 11.8 Å². The van der Waals surface area contributed by atoms with Crippen LogP contribution < -0.4 is 9.47 Å². The molecule has 0 amide bonds. The largest absolute Gasteiger partial charge is 0.489 e. The Morgan fingerprint density at radius 1 is 0.742 bits per heavy atom. The van der Waals surface area contributed by atoms with Gasteiger partial charge in [0.05, 0.1) is 13.2 Å². The van der Waals surface area contributed by atoms with Crippen molar-refractivity contribution in [3.8, 4) is 22.6 Å². The van der Waals surface area contributed by atoms with Crippen molar-refractivity contribution < 1.29 is 9.47 Å². The van der Waals surface area contributed by atoms with E-state index in [4.69, 9.17) is 9.47 Å². The van der Waals surface area contributed by atoms with Crippen LogP contribution in [0.4, 0.5) is 0 Å². The fourth-order valence-corrected chi connectivity index (χ4v) is 4.36. The zero-order chi connectivity index (χ0) is 22.5. The molecule has 0 saturated heterocycles. The molecule has 2 nitrogen and oxygen atoms in total. The normalized spacial score (nSPS) is 13.1. The van der Waals surface area contributed by atoms with Crippen LogP contribution in [0.3, 0.4) is 0 Å². The van der Waals surface area contributed by atoms with Gasteiger partial charge in [-0.15, -0.1) is 0 Å². The number of benzene rings is 2. The summed E-state index contributed by atoms with van der Waals surface area (Å²) in [5, 5.41) is 0. The Morgan fingerprint density at radius 2 is 1.26 bits per heavy atom. The summed E-state index contributed by atoms with van der Waals surface area (Å²) in [6, 6.07) is 14.7. The van der Waals surface area contributed by atoms with E-state index in [2.05, 4.69) is 80.0 Å². The van der Waals surface area contributed by atoms with Gasteiger partial charge in [-0.25, -0.2) is 0 Å². The molecule has 0 saturated carbocycles. The van der Waals surface area contributed by atoms with Crippen LogP contribution in [-0.2, 0) is 0 Å². The van der Waals surface area contributed by atoms with E-state index in [1.807, 2.05) is 6.07 Å². The lowest BCUT2D eigenvalue weighted by Crippen LogP contribution is -2.14. The van der Waals surface area contributed by atoms with Crippen molar-refractivity contribution >= 4 is 15.9 Å². The first-order valence-electron chi connectivity index (χ1n) is 12.3. The second-order valence-electron chi connectivity index (χ2n) is 8.60. The molecule has 0 heterocycles. The molecule has 0 fully saturated rings. The van der Waals surface area contributed by atoms with Crippen LogP contribution in [0.15, 0.2) is 46.9 Å². The van der Waals surface area contributed by atoms with Gasteiger partial charge in [-0.3, -0.25) is 0 Å². The van der Waals surface area contributed by atoms with E-state index in [1.165, 1.54) is 44.1 Å². The van der Waals surface area contributed by atoms with Gasteiger partial charge in [0.2, 0.25) is 0 Å². The first-order chi connectivity index (χ1) is 15.1. The number of rotatable bonds is 15. The molecular weight excluding hydrogens is 448 g/mol. The van der Waals surface area contributed by atoms with Crippen molar-refractivity contribution in [2.45, 2.75) is 79.1 Å². The molecule has 2 aromatic carbocycles. The number of unbranched alkanes of at least 4 members (excludes halogenated alkanes) is 2. The summed E-state index contributed by atoms with van der Waals surface area (Å²) in [5.41, 5.74) is 2.32. The van der Waals surface area contributed by atoms with Gasteiger partial charge in [-0.05, 0) is 47.9 Å². The summed E-state index contributed by atoms with van der Waals surface area (Å²) in [6.07, 6.45) is 9.73. The number of halogens is 1. The Labute approximate surface area is 198 Å². The number of hydrogen-bond acceptors (Lipinski definition) is 2. The van der Waals surface area contributed by atoms with Gasteiger partial charge in [0.15, 0.2) is 11.5 Å². The molecule has 31 heavy (non-hydrogen) atoms. The molecule has 2 aromatic rings. The number of ether oxygens (including phenoxy) is 2. The van der Waals surface area contributed by atoms with E-state index < -0.39 is 0 Å². The fraction of sp³-hybridized carbons (Fsp3) is 0.571. The maximum absolute atomic E-state index is 6.41. The molecule has 0 bridgehead atoms. The molecule has 3 heteroatoms. The van der Waals surface area contributed by atoms with E-state index in [-0.39, 0.29) is 0 Å². The highest BCUT2D eigenvalue weighted by Crippen LogP contribution is 2.39. The second kappa shape index (κ2) is 14.6. The summed E-state index contributed by atoms with van der Waals surface area (Å²) in [4.78, 5) is 0. The molecular formula is C28H41BrO2. The number of hydrogen-bond donors (Lipinski definition) is 0. The lowest BCUT2D eigenvalue weighted by atomic mass is 10.0. The smallest absolute Gasteiger partial charge is 0.162 e. The van der Waals surface area contributed by atoms with Gasteiger partial charge in [0.1, 0.15) is 0 Å². The van der Waals surface area contributed by atoms with Crippen LogP contribution in [0.1, 0.15) is 79.1 Å². The molecule has 0 N–H and O–H groups in total. The van der Waals surface area contributed by atoms with Crippen LogP contribution in [0, 0.1) is 11.8 Å². The Bertz CT molecular complexity index is 744. The predicted octanol–water partition coefficient (Wildman–Crippen LogP) is 9.31. The van der Waals surface area contributed by atoms with Gasteiger partial charge in [-0.2, -0.15) is 0 Å². The molecule has 2 unspecified atom stereocenters. The molecule has 0 aromatic heterocycles. The van der Waals surface area contributed by atoms with Gasteiger partial charge in [0, 0.05) is 4.47 Å². The molecule has 0 radical (unpaired) electrons. The molecule has 2 atom stereocenters. The highest BCUT2D eigenvalue weighted by molar-refractivity contribution is 9.10. The predicted molar refractivity (Wildman–Crippen MR) is 137 cm³/mol. The van der Waals surface area contributed by atoms with Crippen molar-refractivity contribution in [3.05, 3.63) is 46.9 Å². The van der Waals surface area contributed by atoms with E-state index in [0.29, 0.717) is 11.8 Å². The monoisotopic (exact) mass is 488 g/mol. The van der Waals surface area contributed by atoms with E-state index in [9.17, 15) is 0 Å². The van der Waals surface area contributed by atoms with Crippen LogP contribution in [0.25, 0.3) is 11.1 Å². The van der Waals surface area contributed by atoms with E-state index in [1.54, 1.807) is 0 Å². The van der Waals surface area contributed by atoms with Crippen LogP contribution in [0.5, 0.6) is 11.5 Å². The van der Waals surface area contributed by atoms with Crippen molar-refractivity contribution in [1.82, 2.24) is 0 Å². The standard InChI is InChI=1S/C28H41BrO2/c1-5-9-14-22(7-3)20-30-27-18-25(24-16-12-11-13-17-24)26(29)19-28(27)31-21-23(8-4)15-10-6-2/h11-13,16-19,22-23H,5-10,14-15,20-21H2,1-4H3. The Morgan fingerprint density at radius 3 is 1.74 bits per heavy atom. The van der Waals surface area contributed by atoms with Crippen LogP contribution in [-0.4, -0.2) is 13.2 Å². The minimum Gasteiger partial charge on any atom is -0.489 e. The molecule has 0 aliphatic rings. The van der Waals surface area contributed by atoms with Crippen molar-refractivity contribution in [2.75, 3.05) is 13.2 Å². The summed E-state index contributed by atoms with van der Waals surface area (Å²) in [5.74, 6) is 2.90. The summed E-state index contributed by atoms with van der Waals surface area (Å²) in [6.45, 7) is 10.5. The Hall–Kier alpha value is -1.48. The highest BCUT2D eigenvalue weighted by Gasteiger charge is 2.16. The van der Waals surface area contributed by atoms with Crippen molar-refractivity contribution in [1.29, 1.82) is 0 Å². The first-order valence-corrected chi connectivity index (χ1v) is 13.1. The maximum atomic E-state index is 6.41. The average molecular weight is 490 g/mol. The third-order valence-corrected chi connectivity index (χ3v) is 6.81. The van der Waals surface area contributed by atoms with Gasteiger partial charge < -0.3 is 9.47 Å². The van der Waals surface area contributed by atoms with Crippen LogP contribution in [0.2, 0.25) is 0 Å². The minimum absolute atomic E-state index is 0.588. The zero-order valence-corrected chi connectivity index (χ0v) is 21.5. The Kier molecular flexibility index (Phi) is 12.1. The second-order valence-corrected chi connectivity index (χ2v) is 9.45. The Balaban J connectivity index is 2.24. The van der Waals surface area contributed by atoms with E-state index in [0.717, 1.165) is 47.6 Å². The lowest BCUT2D eigenvalue weighted by molar-refractivity contribution is 0.199. The summed E-state index contributed by atoms with van der Waals surface area (Å²) >= 11 is 3.78. The van der Waals surface area contributed by atoms with Gasteiger partial charge in [-0.1, -0.05) is 112 Å². The molecule has 2 rings (SSSR count). The first kappa shape index (κ1) is 25.8. The third kappa shape index (κ3) is 8.52. The maximum Gasteiger partial charge on any atom is 0.162 e. The molecule has 172 valence electrons. The van der Waals surface area contributed by atoms with Gasteiger partial charge in [0.25, 0.3) is 0 Å². The topological polar surface area (TPSA) is 18.5 Å². The van der Waals surface area contributed by atoms with E-state index >= 15 is 0 Å². The summed E-state index contributed by atoms with van der Waals surface area (Å²) in [7, 11) is 0. The van der Waals surface area contributed by atoms with Crippen LogP contribution >= 0.6 is 15.9 Å². The average Bonchev–Trinajstić information content (AvgIpc) is 2.80. The van der Waals surface area contributed by atoms with Gasteiger partial charge >= 0.3 is 0 Å². The third-order valence-electron chi connectivity index (χ3n) is 6.15. The molecule has 0 aliphatic heterocycles. The zero-order valence-electron chi connectivity index (χ0n) is 20.0. The molecule has 0 spiro atoms. The SMILES string of the molecule is CCCCC(CC)COc1cc(Br)c(-c2ccccc2)cc1OCC(CC)CCCC. The van der Waals surface area contributed by atoms with Crippen molar-refractivity contribution in [3.63, 3.8) is 0 Å².